The van der Waals surface area contributed by atoms with Crippen molar-refractivity contribution < 1.29 is 24.6 Å². The summed E-state index contributed by atoms with van der Waals surface area (Å²) in [6.07, 6.45) is 0.0279. The molecule has 7 nitrogen and oxygen atoms in total. The van der Waals surface area contributed by atoms with Crippen molar-refractivity contribution in [2.45, 2.75) is 25.3 Å². The number of hydrogen-bond donors (Lipinski definition) is 3. The van der Waals surface area contributed by atoms with E-state index in [1.54, 1.807) is 0 Å². The first-order valence-electron chi connectivity index (χ1n) is 6.19. The number of carboxylic acids is 2. The van der Waals surface area contributed by atoms with Crippen LogP contribution in [0.1, 0.15) is 35.2 Å². The summed E-state index contributed by atoms with van der Waals surface area (Å²) in [7, 11) is 0. The van der Waals surface area contributed by atoms with Gasteiger partial charge in [-0.05, 0) is 37.1 Å². The summed E-state index contributed by atoms with van der Waals surface area (Å²) in [6.45, 7) is 0. The van der Waals surface area contributed by atoms with Crippen LogP contribution in [0, 0.1) is 11.3 Å². The molecular weight excluding hydrogens is 276 g/mol. The van der Waals surface area contributed by atoms with Crippen LogP contribution >= 0.6 is 0 Å². The van der Waals surface area contributed by atoms with Crippen molar-refractivity contribution >= 4 is 17.8 Å². The number of carbonyl (C=O) groups is 3. The van der Waals surface area contributed by atoms with Gasteiger partial charge in [0, 0.05) is 12.0 Å². The molecule has 0 saturated carbocycles. The Hall–Kier alpha value is -2.88. The van der Waals surface area contributed by atoms with E-state index in [0.717, 1.165) is 0 Å². The zero-order valence-corrected chi connectivity index (χ0v) is 11.1. The second-order valence-electron chi connectivity index (χ2n) is 4.34. The zero-order valence-electron chi connectivity index (χ0n) is 11.1. The van der Waals surface area contributed by atoms with Gasteiger partial charge in [0.25, 0.3) is 5.91 Å². The first kappa shape index (κ1) is 16.2. The normalized spacial score (nSPS) is 11.2. The highest BCUT2D eigenvalue weighted by molar-refractivity contribution is 5.96. The van der Waals surface area contributed by atoms with Gasteiger partial charge in [0.2, 0.25) is 0 Å². The molecule has 0 saturated heterocycles. The monoisotopic (exact) mass is 290 g/mol. The van der Waals surface area contributed by atoms with E-state index in [0.29, 0.717) is 5.56 Å². The Kier molecular flexibility index (Phi) is 5.89. The molecule has 21 heavy (non-hydrogen) atoms. The fourth-order valence-electron chi connectivity index (χ4n) is 1.65. The lowest BCUT2D eigenvalue weighted by molar-refractivity contribution is -0.140. The van der Waals surface area contributed by atoms with E-state index in [4.69, 9.17) is 15.5 Å². The summed E-state index contributed by atoms with van der Waals surface area (Å²) in [6, 6.07) is 6.51. The molecule has 0 fully saturated rings. The third kappa shape index (κ3) is 5.32. The lowest BCUT2D eigenvalue weighted by atomic mass is 10.1. The van der Waals surface area contributed by atoms with Crippen LogP contribution in [0.3, 0.4) is 0 Å². The minimum Gasteiger partial charge on any atom is -0.481 e. The average Bonchev–Trinajstić information content (AvgIpc) is 2.45. The number of benzene rings is 1. The highest BCUT2D eigenvalue weighted by atomic mass is 16.4. The number of rotatable bonds is 7. The van der Waals surface area contributed by atoms with E-state index < -0.39 is 23.9 Å². The molecule has 1 rings (SSSR count). The second kappa shape index (κ2) is 7.65. The van der Waals surface area contributed by atoms with Crippen LogP contribution in [-0.4, -0.2) is 34.1 Å². The molecular formula is C14H14N2O5. The van der Waals surface area contributed by atoms with Crippen molar-refractivity contribution in [2.75, 3.05) is 0 Å². The van der Waals surface area contributed by atoms with Crippen molar-refractivity contribution in [1.29, 1.82) is 5.26 Å². The minimum absolute atomic E-state index is 0.0314. The van der Waals surface area contributed by atoms with Crippen LogP contribution in [0.5, 0.6) is 0 Å². The number of aliphatic carboxylic acids is 2. The maximum atomic E-state index is 11.9. The molecule has 0 spiro atoms. The van der Waals surface area contributed by atoms with Gasteiger partial charge in [0.15, 0.2) is 0 Å². The molecule has 7 heteroatoms. The Labute approximate surface area is 120 Å². The van der Waals surface area contributed by atoms with Crippen LogP contribution in [-0.2, 0) is 9.59 Å². The summed E-state index contributed by atoms with van der Waals surface area (Å²) >= 11 is 0. The highest BCUT2D eigenvalue weighted by Crippen LogP contribution is 2.06. The standard InChI is InChI=1S/C14H14N2O5/c15-8-9-4-6-10(7-5-9)13(19)16-11(14(20)21)2-1-3-12(17)18/h4-7,11H,1-3H2,(H,16,19)(H,17,18)(H,20,21)/t11-/m0/s1. The van der Waals surface area contributed by atoms with Crippen molar-refractivity contribution in [3.05, 3.63) is 35.4 Å². The summed E-state index contributed by atoms with van der Waals surface area (Å²) in [5.74, 6) is -2.82. The molecule has 0 bridgehead atoms. The van der Waals surface area contributed by atoms with E-state index in [-0.39, 0.29) is 24.8 Å². The number of nitrogens with zero attached hydrogens (tertiary/aromatic N) is 1. The number of nitriles is 1. The number of hydrogen-bond acceptors (Lipinski definition) is 4. The molecule has 0 aliphatic rings. The van der Waals surface area contributed by atoms with Crippen molar-refractivity contribution in [2.24, 2.45) is 0 Å². The summed E-state index contributed by atoms with van der Waals surface area (Å²) < 4.78 is 0. The fraction of sp³-hybridized carbons (Fsp3) is 0.286. The van der Waals surface area contributed by atoms with Gasteiger partial charge in [-0.2, -0.15) is 5.26 Å². The molecule has 0 aliphatic carbocycles. The summed E-state index contributed by atoms with van der Waals surface area (Å²) in [4.78, 5) is 33.3. The Morgan fingerprint density at radius 3 is 2.29 bits per heavy atom. The van der Waals surface area contributed by atoms with Gasteiger partial charge in [0.1, 0.15) is 6.04 Å². The number of carbonyl (C=O) groups excluding carboxylic acids is 1. The number of amides is 1. The largest absolute Gasteiger partial charge is 0.481 e. The van der Waals surface area contributed by atoms with Gasteiger partial charge in [-0.15, -0.1) is 0 Å². The van der Waals surface area contributed by atoms with Crippen LogP contribution in [0.4, 0.5) is 0 Å². The number of carboxylic acid groups (broad SMARTS) is 2. The molecule has 0 aromatic heterocycles. The predicted octanol–water partition coefficient (Wildman–Crippen LogP) is 0.996. The summed E-state index contributed by atoms with van der Waals surface area (Å²) in [5.41, 5.74) is 0.626. The maximum absolute atomic E-state index is 11.9. The van der Waals surface area contributed by atoms with Crippen LogP contribution < -0.4 is 5.32 Å². The Balaban J connectivity index is 2.65. The van der Waals surface area contributed by atoms with E-state index in [1.165, 1.54) is 24.3 Å². The smallest absolute Gasteiger partial charge is 0.326 e. The van der Waals surface area contributed by atoms with E-state index in [2.05, 4.69) is 5.32 Å². The zero-order chi connectivity index (χ0) is 15.8. The summed E-state index contributed by atoms with van der Waals surface area (Å²) in [5, 5.41) is 28.5. The van der Waals surface area contributed by atoms with Crippen molar-refractivity contribution in [3.8, 4) is 6.07 Å². The van der Waals surface area contributed by atoms with Crippen molar-refractivity contribution in [1.82, 2.24) is 5.32 Å². The number of nitrogens with one attached hydrogen (secondary N) is 1. The molecule has 1 atom stereocenters. The molecule has 1 aromatic rings. The van der Waals surface area contributed by atoms with Gasteiger partial charge >= 0.3 is 11.9 Å². The van der Waals surface area contributed by atoms with Crippen LogP contribution in [0.25, 0.3) is 0 Å². The Bertz CT molecular complexity index is 574. The average molecular weight is 290 g/mol. The third-order valence-corrected chi connectivity index (χ3v) is 2.76. The van der Waals surface area contributed by atoms with Gasteiger partial charge in [-0.3, -0.25) is 9.59 Å². The maximum Gasteiger partial charge on any atom is 0.326 e. The van der Waals surface area contributed by atoms with Crippen molar-refractivity contribution in [3.63, 3.8) is 0 Å². The van der Waals surface area contributed by atoms with Crippen LogP contribution in [0.15, 0.2) is 24.3 Å². The Morgan fingerprint density at radius 2 is 1.81 bits per heavy atom. The highest BCUT2D eigenvalue weighted by Gasteiger charge is 2.20. The fourth-order valence-corrected chi connectivity index (χ4v) is 1.65. The second-order valence-corrected chi connectivity index (χ2v) is 4.34. The Morgan fingerprint density at radius 1 is 1.19 bits per heavy atom. The van der Waals surface area contributed by atoms with E-state index >= 15 is 0 Å². The van der Waals surface area contributed by atoms with Gasteiger partial charge in [-0.1, -0.05) is 0 Å². The van der Waals surface area contributed by atoms with Gasteiger partial charge in [-0.25, -0.2) is 4.79 Å². The van der Waals surface area contributed by atoms with Gasteiger partial charge < -0.3 is 15.5 Å². The first-order valence-corrected chi connectivity index (χ1v) is 6.19. The third-order valence-electron chi connectivity index (χ3n) is 2.76. The molecule has 0 radical (unpaired) electrons. The quantitative estimate of drug-likeness (QED) is 0.687. The van der Waals surface area contributed by atoms with E-state index in [9.17, 15) is 14.4 Å². The first-order chi connectivity index (χ1) is 9.93. The topological polar surface area (TPSA) is 127 Å². The molecule has 0 unspecified atom stereocenters. The molecule has 0 heterocycles. The predicted molar refractivity (Wildman–Crippen MR) is 71.5 cm³/mol. The lowest BCUT2D eigenvalue weighted by Gasteiger charge is -2.14. The molecule has 3 N–H and O–H groups in total. The molecule has 1 aromatic carbocycles. The molecule has 1 amide bonds. The van der Waals surface area contributed by atoms with Gasteiger partial charge in [0.05, 0.1) is 11.6 Å². The minimum atomic E-state index is -1.22. The van der Waals surface area contributed by atoms with E-state index in [1.807, 2.05) is 6.07 Å². The molecule has 110 valence electrons. The van der Waals surface area contributed by atoms with Crippen LogP contribution in [0.2, 0.25) is 0 Å². The lowest BCUT2D eigenvalue weighted by Crippen LogP contribution is -2.40. The SMILES string of the molecule is N#Cc1ccc(C(=O)N[C@@H](CCCC(=O)O)C(=O)O)cc1. The molecule has 0 aliphatic heterocycles.